The van der Waals surface area contributed by atoms with Crippen LogP contribution in [0.2, 0.25) is 0 Å². The van der Waals surface area contributed by atoms with Gasteiger partial charge in [0, 0.05) is 10.9 Å². The van der Waals surface area contributed by atoms with E-state index in [0.29, 0.717) is 5.69 Å². The Morgan fingerprint density at radius 3 is 2.69 bits per heavy atom. The van der Waals surface area contributed by atoms with Gasteiger partial charge in [0.2, 0.25) is 5.76 Å². The summed E-state index contributed by atoms with van der Waals surface area (Å²) in [6.45, 7) is 2.01. The van der Waals surface area contributed by atoms with Gasteiger partial charge in [0.15, 0.2) is 9.84 Å². The number of hydrogen-bond donors (Lipinski definition) is 0. The van der Waals surface area contributed by atoms with Crippen molar-refractivity contribution < 1.29 is 22.4 Å². The Morgan fingerprint density at radius 2 is 2.00 bits per heavy atom. The summed E-state index contributed by atoms with van der Waals surface area (Å²) in [7, 11) is -3.58. The van der Waals surface area contributed by atoms with Crippen molar-refractivity contribution in [1.29, 1.82) is 0 Å². The number of carbonyl (C=O) groups excluding carboxylic acids is 1. The second-order valence-corrected chi connectivity index (χ2v) is 8.44. The summed E-state index contributed by atoms with van der Waals surface area (Å²) in [4.78, 5) is 16.8. The van der Waals surface area contributed by atoms with E-state index < -0.39 is 15.8 Å². The van der Waals surface area contributed by atoms with E-state index in [0.717, 1.165) is 11.4 Å². The van der Waals surface area contributed by atoms with Crippen molar-refractivity contribution in [2.45, 2.75) is 30.6 Å². The first-order valence-corrected chi connectivity index (χ1v) is 10.5. The van der Waals surface area contributed by atoms with Crippen LogP contribution in [0.15, 0.2) is 57.4 Å². The lowest BCUT2D eigenvalue weighted by atomic mass is 10.3. The normalized spacial score (nSPS) is 11.4. The molecule has 2 heterocycles. The van der Waals surface area contributed by atoms with Crippen LogP contribution < -0.4 is 0 Å². The zero-order valence-corrected chi connectivity index (χ0v) is 15.7. The van der Waals surface area contributed by atoms with Crippen LogP contribution in [0.4, 0.5) is 0 Å². The van der Waals surface area contributed by atoms with E-state index in [4.69, 9.17) is 9.15 Å². The van der Waals surface area contributed by atoms with E-state index in [9.17, 15) is 13.2 Å². The standard InChI is InChI=1S/C18H17NO5S2/c1-2-16-19-14(11-25-16)10-24-18(20)17-13(8-9-23-17)12-26(21,22)15-6-4-3-5-7-15/h3-9,11H,2,10,12H2,1H3. The number of thiazole rings is 1. The van der Waals surface area contributed by atoms with Crippen LogP contribution in [-0.4, -0.2) is 19.4 Å². The molecule has 0 atom stereocenters. The number of furan rings is 1. The van der Waals surface area contributed by atoms with Gasteiger partial charge in [-0.05, 0) is 24.6 Å². The van der Waals surface area contributed by atoms with Crippen molar-refractivity contribution >= 4 is 27.1 Å². The lowest BCUT2D eigenvalue weighted by Crippen LogP contribution is -2.10. The molecule has 0 spiro atoms. The minimum absolute atomic E-state index is 0.0148. The predicted molar refractivity (Wildman–Crippen MR) is 96.7 cm³/mol. The van der Waals surface area contributed by atoms with Gasteiger partial charge in [-0.2, -0.15) is 0 Å². The van der Waals surface area contributed by atoms with E-state index in [2.05, 4.69) is 4.98 Å². The van der Waals surface area contributed by atoms with Gasteiger partial charge in [-0.1, -0.05) is 25.1 Å². The van der Waals surface area contributed by atoms with E-state index in [1.807, 2.05) is 12.3 Å². The van der Waals surface area contributed by atoms with Gasteiger partial charge in [0.25, 0.3) is 0 Å². The molecule has 6 nitrogen and oxygen atoms in total. The fourth-order valence-electron chi connectivity index (χ4n) is 2.33. The van der Waals surface area contributed by atoms with Gasteiger partial charge >= 0.3 is 5.97 Å². The molecular formula is C18H17NO5S2. The fraction of sp³-hybridized carbons (Fsp3) is 0.222. The highest BCUT2D eigenvalue weighted by Gasteiger charge is 2.23. The molecule has 0 fully saturated rings. The van der Waals surface area contributed by atoms with Gasteiger partial charge in [0.05, 0.1) is 27.6 Å². The van der Waals surface area contributed by atoms with Gasteiger partial charge in [-0.3, -0.25) is 0 Å². The van der Waals surface area contributed by atoms with Gasteiger partial charge in [-0.25, -0.2) is 18.2 Å². The van der Waals surface area contributed by atoms with Crippen molar-refractivity contribution in [1.82, 2.24) is 4.98 Å². The van der Waals surface area contributed by atoms with Crippen LogP contribution in [0.1, 0.15) is 33.7 Å². The van der Waals surface area contributed by atoms with Crippen LogP contribution in [0.5, 0.6) is 0 Å². The number of esters is 1. The minimum atomic E-state index is -3.58. The molecule has 3 aromatic rings. The second-order valence-electron chi connectivity index (χ2n) is 5.51. The van der Waals surface area contributed by atoms with Crippen molar-refractivity contribution in [2.75, 3.05) is 0 Å². The van der Waals surface area contributed by atoms with Crippen LogP contribution in [0.3, 0.4) is 0 Å². The molecule has 3 rings (SSSR count). The molecule has 136 valence electrons. The first-order chi connectivity index (χ1) is 12.5. The summed E-state index contributed by atoms with van der Waals surface area (Å²) in [6.07, 6.45) is 2.10. The molecule has 1 aromatic carbocycles. The van der Waals surface area contributed by atoms with Crippen LogP contribution in [0, 0.1) is 0 Å². The number of rotatable bonds is 7. The summed E-state index contributed by atoms with van der Waals surface area (Å²) >= 11 is 1.50. The van der Waals surface area contributed by atoms with Crippen molar-refractivity contribution in [3.8, 4) is 0 Å². The maximum atomic E-state index is 12.5. The Hall–Kier alpha value is -2.45. The summed E-state index contributed by atoms with van der Waals surface area (Å²) in [5.74, 6) is -1.15. The third kappa shape index (κ3) is 4.20. The van der Waals surface area contributed by atoms with Crippen molar-refractivity contribution in [2.24, 2.45) is 0 Å². The molecule has 0 aliphatic carbocycles. The molecule has 0 N–H and O–H groups in total. The number of ether oxygens (including phenoxy) is 1. The summed E-state index contributed by atoms with van der Waals surface area (Å²) in [5.41, 5.74) is 0.927. The van der Waals surface area contributed by atoms with E-state index in [1.54, 1.807) is 18.2 Å². The Balaban J connectivity index is 1.70. The SMILES string of the molecule is CCc1nc(COC(=O)c2occc2CS(=O)(=O)c2ccccc2)cs1. The van der Waals surface area contributed by atoms with Gasteiger partial charge in [0.1, 0.15) is 6.61 Å². The zero-order chi connectivity index (χ0) is 18.6. The lowest BCUT2D eigenvalue weighted by molar-refractivity contribution is 0.0430. The highest BCUT2D eigenvalue weighted by Crippen LogP contribution is 2.21. The van der Waals surface area contributed by atoms with Gasteiger partial charge in [-0.15, -0.1) is 11.3 Å². The number of aromatic nitrogens is 1. The number of nitrogens with zero attached hydrogens (tertiary/aromatic N) is 1. The van der Waals surface area contributed by atoms with E-state index >= 15 is 0 Å². The van der Waals surface area contributed by atoms with Crippen molar-refractivity contribution in [3.05, 3.63) is 70.1 Å². The molecule has 0 aliphatic rings. The van der Waals surface area contributed by atoms with Crippen LogP contribution in [0.25, 0.3) is 0 Å². The Bertz CT molecular complexity index is 990. The molecule has 0 bridgehead atoms. The molecule has 0 saturated heterocycles. The first kappa shape index (κ1) is 18.3. The first-order valence-electron chi connectivity index (χ1n) is 7.94. The fourth-order valence-corrected chi connectivity index (χ4v) is 4.43. The molecule has 0 radical (unpaired) electrons. The molecule has 0 saturated carbocycles. The molecule has 2 aromatic heterocycles. The summed E-state index contributed by atoms with van der Waals surface area (Å²) in [6, 6.07) is 9.53. The Labute approximate surface area is 155 Å². The molecular weight excluding hydrogens is 374 g/mol. The average molecular weight is 391 g/mol. The highest BCUT2D eigenvalue weighted by molar-refractivity contribution is 7.90. The quantitative estimate of drug-likeness (QED) is 0.572. The molecule has 0 unspecified atom stereocenters. The zero-order valence-electron chi connectivity index (χ0n) is 14.0. The predicted octanol–water partition coefficient (Wildman–Crippen LogP) is 3.63. The lowest BCUT2D eigenvalue weighted by Gasteiger charge is -2.05. The smallest absolute Gasteiger partial charge is 0.374 e. The topological polar surface area (TPSA) is 86.5 Å². The number of carbonyl (C=O) groups is 1. The molecule has 26 heavy (non-hydrogen) atoms. The van der Waals surface area contributed by atoms with Crippen molar-refractivity contribution in [3.63, 3.8) is 0 Å². The largest absolute Gasteiger partial charge is 0.457 e. The number of hydrogen-bond acceptors (Lipinski definition) is 7. The Morgan fingerprint density at radius 1 is 1.23 bits per heavy atom. The number of benzene rings is 1. The van der Waals surface area contributed by atoms with Gasteiger partial charge < -0.3 is 9.15 Å². The summed E-state index contributed by atoms with van der Waals surface area (Å²) in [5, 5.41) is 2.79. The minimum Gasteiger partial charge on any atom is -0.457 e. The summed E-state index contributed by atoms with van der Waals surface area (Å²) < 4.78 is 35.3. The highest BCUT2D eigenvalue weighted by atomic mass is 32.2. The third-order valence-electron chi connectivity index (χ3n) is 3.63. The molecule has 8 heteroatoms. The second kappa shape index (κ2) is 7.84. The third-order valence-corrected chi connectivity index (χ3v) is 6.36. The number of aryl methyl sites for hydroxylation is 1. The Kier molecular flexibility index (Phi) is 5.53. The van der Waals surface area contributed by atoms with E-state index in [1.165, 1.54) is 35.8 Å². The number of sulfone groups is 1. The molecule has 0 aliphatic heterocycles. The van der Waals surface area contributed by atoms with E-state index in [-0.39, 0.29) is 28.6 Å². The van der Waals surface area contributed by atoms with Crippen LogP contribution >= 0.6 is 11.3 Å². The average Bonchev–Trinajstić information content (AvgIpc) is 3.29. The molecule has 0 amide bonds. The maximum absolute atomic E-state index is 12.5. The monoisotopic (exact) mass is 391 g/mol. The maximum Gasteiger partial charge on any atom is 0.374 e. The van der Waals surface area contributed by atoms with Crippen LogP contribution in [-0.2, 0) is 33.4 Å².